The summed E-state index contributed by atoms with van der Waals surface area (Å²) < 4.78 is 5.26. The number of amides is 1. The van der Waals surface area contributed by atoms with Crippen LogP contribution >= 0.6 is 23.4 Å². The molecule has 0 aliphatic heterocycles. The molecule has 6 heteroatoms. The van der Waals surface area contributed by atoms with Crippen LogP contribution in [0.4, 0.5) is 0 Å². The summed E-state index contributed by atoms with van der Waals surface area (Å²) in [4.78, 5) is 14.5. The smallest absolute Gasteiger partial charge is 0.275 e. The molecule has 0 fully saturated rings. The highest BCUT2D eigenvalue weighted by Gasteiger charge is 2.11. The topological polar surface area (TPSA) is 50.7 Å². The first-order valence-electron chi connectivity index (χ1n) is 8.56. The molecule has 28 heavy (non-hydrogen) atoms. The number of rotatable bonds is 6. The van der Waals surface area contributed by atoms with Crippen LogP contribution in [0.3, 0.4) is 0 Å². The molecule has 1 N–H and O–H groups in total. The van der Waals surface area contributed by atoms with Crippen molar-refractivity contribution in [2.24, 2.45) is 5.10 Å². The fourth-order valence-electron chi connectivity index (χ4n) is 2.47. The number of hydrogen-bond acceptors (Lipinski definition) is 4. The summed E-state index contributed by atoms with van der Waals surface area (Å²) >= 11 is 7.56. The molecule has 0 radical (unpaired) electrons. The van der Waals surface area contributed by atoms with Gasteiger partial charge < -0.3 is 4.74 Å². The molecule has 1 amide bonds. The molecule has 0 aromatic heterocycles. The maximum absolute atomic E-state index is 12.3. The van der Waals surface area contributed by atoms with E-state index in [4.69, 9.17) is 16.3 Å². The highest BCUT2D eigenvalue weighted by atomic mass is 35.5. The van der Waals surface area contributed by atoms with Gasteiger partial charge in [-0.3, -0.25) is 4.79 Å². The standard InChI is InChI=1S/C22H19ClN2O2S/c1-15-3-12-20(21(13-15)27-2)22(26)25-24-14-16-4-8-18(9-5-16)28-19-10-6-17(23)7-11-19/h3-14H,1-2H3,(H,25,26)/b24-14-. The first-order chi connectivity index (χ1) is 13.5. The summed E-state index contributed by atoms with van der Waals surface area (Å²) in [6.07, 6.45) is 1.61. The highest BCUT2D eigenvalue weighted by molar-refractivity contribution is 7.99. The van der Waals surface area contributed by atoms with E-state index in [0.717, 1.165) is 25.9 Å². The molecular formula is C22H19ClN2O2S. The molecule has 4 nitrogen and oxygen atoms in total. The fourth-order valence-corrected chi connectivity index (χ4v) is 3.41. The number of benzene rings is 3. The van der Waals surface area contributed by atoms with Crippen LogP contribution in [0.15, 0.2) is 81.6 Å². The third-order valence-corrected chi connectivity index (χ3v) is 5.18. The zero-order chi connectivity index (χ0) is 19.9. The van der Waals surface area contributed by atoms with Crippen LogP contribution in [-0.2, 0) is 0 Å². The number of carbonyl (C=O) groups is 1. The molecule has 0 heterocycles. The Morgan fingerprint density at radius 1 is 1.04 bits per heavy atom. The van der Waals surface area contributed by atoms with E-state index in [2.05, 4.69) is 10.5 Å². The Morgan fingerprint density at radius 2 is 1.68 bits per heavy atom. The number of carbonyl (C=O) groups excluding carboxylic acids is 1. The Morgan fingerprint density at radius 3 is 2.32 bits per heavy atom. The molecule has 0 saturated carbocycles. The molecule has 3 aromatic rings. The average Bonchev–Trinajstić information content (AvgIpc) is 2.70. The third kappa shape index (κ3) is 5.38. The first kappa shape index (κ1) is 20.0. The second-order valence-electron chi connectivity index (χ2n) is 6.03. The van der Waals surface area contributed by atoms with Crippen LogP contribution in [0.5, 0.6) is 5.75 Å². The van der Waals surface area contributed by atoms with Gasteiger partial charge in [0.05, 0.1) is 18.9 Å². The highest BCUT2D eigenvalue weighted by Crippen LogP contribution is 2.28. The van der Waals surface area contributed by atoms with Crippen molar-refractivity contribution in [3.05, 3.63) is 88.4 Å². The van der Waals surface area contributed by atoms with Crippen molar-refractivity contribution >= 4 is 35.5 Å². The Hall–Kier alpha value is -2.76. The van der Waals surface area contributed by atoms with Crippen LogP contribution in [0, 0.1) is 6.92 Å². The Bertz CT molecular complexity index is 986. The molecule has 0 unspecified atom stereocenters. The van der Waals surface area contributed by atoms with Gasteiger partial charge in [-0.1, -0.05) is 41.6 Å². The lowest BCUT2D eigenvalue weighted by molar-refractivity contribution is 0.0952. The number of nitrogens with one attached hydrogen (secondary N) is 1. The maximum Gasteiger partial charge on any atom is 0.275 e. The number of methoxy groups -OCH3 is 1. The second kappa shape index (κ2) is 9.44. The van der Waals surface area contributed by atoms with Gasteiger partial charge in [0.2, 0.25) is 0 Å². The molecule has 0 aliphatic carbocycles. The van der Waals surface area contributed by atoms with Crippen LogP contribution < -0.4 is 10.2 Å². The van der Waals surface area contributed by atoms with Gasteiger partial charge in [-0.15, -0.1) is 0 Å². The number of aryl methyl sites for hydroxylation is 1. The van der Waals surface area contributed by atoms with Crippen molar-refractivity contribution in [1.82, 2.24) is 5.43 Å². The Kier molecular flexibility index (Phi) is 6.74. The van der Waals surface area contributed by atoms with Crippen LogP contribution in [0.25, 0.3) is 0 Å². The van der Waals surface area contributed by atoms with E-state index < -0.39 is 0 Å². The molecule has 0 bridgehead atoms. The zero-order valence-electron chi connectivity index (χ0n) is 15.5. The molecule has 3 aromatic carbocycles. The van der Waals surface area contributed by atoms with Crippen molar-refractivity contribution in [3.63, 3.8) is 0 Å². The van der Waals surface area contributed by atoms with E-state index in [9.17, 15) is 4.79 Å². The minimum Gasteiger partial charge on any atom is -0.496 e. The minimum atomic E-state index is -0.317. The molecule has 0 atom stereocenters. The van der Waals surface area contributed by atoms with Gasteiger partial charge in [-0.25, -0.2) is 5.43 Å². The van der Waals surface area contributed by atoms with Gasteiger partial charge in [-0.05, 0) is 66.6 Å². The first-order valence-corrected chi connectivity index (χ1v) is 9.76. The second-order valence-corrected chi connectivity index (χ2v) is 7.61. The lowest BCUT2D eigenvalue weighted by Crippen LogP contribution is -2.18. The summed E-state index contributed by atoms with van der Waals surface area (Å²) in [6, 6.07) is 21.0. The van der Waals surface area contributed by atoms with Crippen molar-refractivity contribution in [3.8, 4) is 5.75 Å². The SMILES string of the molecule is COc1cc(C)ccc1C(=O)N/N=C\c1ccc(Sc2ccc(Cl)cc2)cc1. The van der Waals surface area contributed by atoms with Gasteiger partial charge >= 0.3 is 0 Å². The fraction of sp³-hybridized carbons (Fsp3) is 0.0909. The monoisotopic (exact) mass is 410 g/mol. The van der Waals surface area contributed by atoms with Gasteiger partial charge in [-0.2, -0.15) is 5.10 Å². The van der Waals surface area contributed by atoms with Crippen molar-refractivity contribution in [1.29, 1.82) is 0 Å². The zero-order valence-corrected chi connectivity index (χ0v) is 17.1. The molecule has 3 rings (SSSR count). The van der Waals surface area contributed by atoms with E-state index >= 15 is 0 Å². The average molecular weight is 411 g/mol. The van der Waals surface area contributed by atoms with Crippen LogP contribution in [0.2, 0.25) is 5.02 Å². The van der Waals surface area contributed by atoms with E-state index in [1.165, 1.54) is 0 Å². The summed E-state index contributed by atoms with van der Waals surface area (Å²) in [5.41, 5.74) is 4.89. The molecular weight excluding hydrogens is 392 g/mol. The summed E-state index contributed by atoms with van der Waals surface area (Å²) in [6.45, 7) is 1.94. The number of halogens is 1. The van der Waals surface area contributed by atoms with Gasteiger partial charge in [0.25, 0.3) is 5.91 Å². The number of hydrogen-bond donors (Lipinski definition) is 1. The van der Waals surface area contributed by atoms with Crippen LogP contribution in [-0.4, -0.2) is 19.2 Å². The molecule has 0 saturated heterocycles. The van der Waals surface area contributed by atoms with E-state index in [0.29, 0.717) is 11.3 Å². The minimum absolute atomic E-state index is 0.317. The van der Waals surface area contributed by atoms with Gasteiger partial charge in [0.15, 0.2) is 0 Å². The largest absolute Gasteiger partial charge is 0.496 e. The van der Waals surface area contributed by atoms with E-state index in [-0.39, 0.29) is 5.91 Å². The summed E-state index contributed by atoms with van der Waals surface area (Å²) in [7, 11) is 1.54. The Labute approximate surface area is 173 Å². The van der Waals surface area contributed by atoms with Crippen molar-refractivity contribution in [2.75, 3.05) is 7.11 Å². The van der Waals surface area contributed by atoms with Gasteiger partial charge in [0.1, 0.15) is 5.75 Å². The Balaban J connectivity index is 1.60. The molecule has 0 aliphatic rings. The maximum atomic E-state index is 12.3. The normalized spacial score (nSPS) is 10.8. The van der Waals surface area contributed by atoms with Crippen molar-refractivity contribution < 1.29 is 9.53 Å². The number of hydrazone groups is 1. The lowest BCUT2D eigenvalue weighted by atomic mass is 10.1. The predicted octanol–water partition coefficient (Wildman–Crippen LogP) is 5.57. The van der Waals surface area contributed by atoms with E-state index in [1.807, 2.05) is 67.6 Å². The van der Waals surface area contributed by atoms with Crippen LogP contribution in [0.1, 0.15) is 21.5 Å². The lowest BCUT2D eigenvalue weighted by Gasteiger charge is -2.07. The molecule has 142 valence electrons. The van der Waals surface area contributed by atoms with E-state index in [1.54, 1.807) is 31.2 Å². The predicted molar refractivity (Wildman–Crippen MR) is 115 cm³/mol. The number of ether oxygens (including phenoxy) is 1. The van der Waals surface area contributed by atoms with Crippen molar-refractivity contribution in [2.45, 2.75) is 16.7 Å². The quantitative estimate of drug-likeness (QED) is 0.426. The molecule has 0 spiro atoms. The summed E-state index contributed by atoms with van der Waals surface area (Å²) in [5.74, 6) is 0.208. The number of nitrogens with zero attached hydrogens (tertiary/aromatic N) is 1. The van der Waals surface area contributed by atoms with Gasteiger partial charge in [0, 0.05) is 14.8 Å². The third-order valence-electron chi connectivity index (χ3n) is 3.91. The summed E-state index contributed by atoms with van der Waals surface area (Å²) in [5, 5.41) is 4.76.